The van der Waals surface area contributed by atoms with Crippen molar-refractivity contribution in [3.05, 3.63) is 52.9 Å². The van der Waals surface area contributed by atoms with Gasteiger partial charge in [-0.2, -0.15) is 11.8 Å². The van der Waals surface area contributed by atoms with Gasteiger partial charge in [0.25, 0.3) is 5.91 Å². The highest BCUT2D eigenvalue weighted by Gasteiger charge is 2.30. The molecule has 1 aromatic heterocycles. The van der Waals surface area contributed by atoms with Crippen molar-refractivity contribution in [2.24, 2.45) is 0 Å². The van der Waals surface area contributed by atoms with Crippen LogP contribution in [0, 0.1) is 13.8 Å². The highest BCUT2D eigenvalue weighted by molar-refractivity contribution is 7.99. The maximum atomic E-state index is 12.6. The summed E-state index contributed by atoms with van der Waals surface area (Å²) in [5.74, 6) is 2.14. The lowest BCUT2D eigenvalue weighted by molar-refractivity contribution is 0.0658. The number of rotatable bonds is 2. The molecule has 0 spiro atoms. The fourth-order valence-corrected chi connectivity index (χ4v) is 3.61. The van der Waals surface area contributed by atoms with Gasteiger partial charge in [-0.05, 0) is 19.4 Å². The normalized spacial score (nSPS) is 18.8. The zero-order valence-electron chi connectivity index (χ0n) is 12.2. The summed E-state index contributed by atoms with van der Waals surface area (Å²) in [6.07, 6.45) is 0. The van der Waals surface area contributed by atoms with Crippen molar-refractivity contribution >= 4 is 17.7 Å². The van der Waals surface area contributed by atoms with Crippen LogP contribution in [0.5, 0.6) is 0 Å². The summed E-state index contributed by atoms with van der Waals surface area (Å²) in [4.78, 5) is 14.6. The third-order valence-corrected chi connectivity index (χ3v) is 4.71. The molecular formula is C16H18N2O2S. The molecule has 110 valence electrons. The van der Waals surface area contributed by atoms with Crippen molar-refractivity contribution in [2.75, 3.05) is 18.1 Å². The summed E-state index contributed by atoms with van der Waals surface area (Å²) < 4.78 is 5.13. The Morgan fingerprint density at radius 2 is 2.10 bits per heavy atom. The number of nitrogens with zero attached hydrogens (tertiary/aromatic N) is 2. The lowest BCUT2D eigenvalue weighted by Crippen LogP contribution is -2.40. The molecule has 1 saturated heterocycles. The molecule has 1 aliphatic rings. The molecule has 1 aromatic carbocycles. The topological polar surface area (TPSA) is 46.3 Å². The Morgan fingerprint density at radius 3 is 2.76 bits per heavy atom. The van der Waals surface area contributed by atoms with E-state index in [2.05, 4.69) is 36.3 Å². The van der Waals surface area contributed by atoms with Crippen LogP contribution in [0.25, 0.3) is 0 Å². The van der Waals surface area contributed by atoms with Crippen LogP contribution in [0.3, 0.4) is 0 Å². The molecule has 0 aliphatic carbocycles. The number of carbonyl (C=O) groups is 1. The smallest absolute Gasteiger partial charge is 0.293 e. The minimum atomic E-state index is -0.0681. The summed E-state index contributed by atoms with van der Waals surface area (Å²) in [5.41, 5.74) is 3.14. The van der Waals surface area contributed by atoms with Crippen LogP contribution in [0.4, 0.5) is 0 Å². The average molecular weight is 302 g/mol. The molecule has 0 N–H and O–H groups in total. The Morgan fingerprint density at radius 1 is 1.33 bits per heavy atom. The third kappa shape index (κ3) is 2.97. The van der Waals surface area contributed by atoms with Gasteiger partial charge in [0.15, 0.2) is 0 Å². The Labute approximate surface area is 128 Å². The first-order valence-electron chi connectivity index (χ1n) is 7.04. The van der Waals surface area contributed by atoms with Crippen LogP contribution in [0.2, 0.25) is 0 Å². The van der Waals surface area contributed by atoms with E-state index in [9.17, 15) is 4.79 Å². The lowest BCUT2D eigenvalue weighted by atomic mass is 10.0. The third-order valence-electron chi connectivity index (χ3n) is 3.69. The average Bonchev–Trinajstić information content (AvgIpc) is 2.94. The highest BCUT2D eigenvalue weighted by atomic mass is 32.2. The van der Waals surface area contributed by atoms with Gasteiger partial charge >= 0.3 is 0 Å². The van der Waals surface area contributed by atoms with Crippen LogP contribution in [-0.4, -0.2) is 34.0 Å². The largest absolute Gasteiger partial charge is 0.351 e. The number of hydrogen-bond acceptors (Lipinski definition) is 4. The van der Waals surface area contributed by atoms with Gasteiger partial charge in [-0.15, -0.1) is 0 Å². The molecule has 5 heteroatoms. The van der Waals surface area contributed by atoms with Crippen molar-refractivity contribution < 1.29 is 9.32 Å². The fraction of sp³-hybridized carbons (Fsp3) is 0.375. The van der Waals surface area contributed by atoms with Crippen LogP contribution in [0.1, 0.15) is 33.4 Å². The SMILES string of the molecule is Cc1ccc(C2CSCCN2C(=O)c2cc(C)no2)cc1. The molecule has 2 aromatic rings. The van der Waals surface area contributed by atoms with E-state index in [1.807, 2.05) is 23.6 Å². The molecule has 3 rings (SSSR count). The van der Waals surface area contributed by atoms with Gasteiger partial charge in [-0.25, -0.2) is 0 Å². The monoisotopic (exact) mass is 302 g/mol. The van der Waals surface area contributed by atoms with Gasteiger partial charge in [0, 0.05) is 24.1 Å². The molecule has 4 nitrogen and oxygen atoms in total. The summed E-state index contributed by atoms with van der Waals surface area (Å²) in [6.45, 7) is 4.63. The number of carbonyl (C=O) groups excluding carboxylic acids is 1. The molecule has 2 heterocycles. The molecule has 21 heavy (non-hydrogen) atoms. The van der Waals surface area contributed by atoms with Crippen LogP contribution in [-0.2, 0) is 0 Å². The highest BCUT2D eigenvalue weighted by Crippen LogP contribution is 2.31. The van der Waals surface area contributed by atoms with Crippen molar-refractivity contribution in [1.29, 1.82) is 0 Å². The summed E-state index contributed by atoms with van der Waals surface area (Å²) in [5, 5.41) is 3.81. The number of aryl methyl sites for hydroxylation is 2. The predicted octanol–water partition coefficient (Wildman–Crippen LogP) is 3.22. The first-order valence-corrected chi connectivity index (χ1v) is 8.19. The summed E-state index contributed by atoms with van der Waals surface area (Å²) >= 11 is 1.88. The molecule has 1 atom stereocenters. The van der Waals surface area contributed by atoms with E-state index in [0.29, 0.717) is 5.76 Å². The Hall–Kier alpha value is -1.75. The lowest BCUT2D eigenvalue weighted by Gasteiger charge is -2.35. The van der Waals surface area contributed by atoms with E-state index in [1.54, 1.807) is 6.07 Å². The van der Waals surface area contributed by atoms with E-state index in [-0.39, 0.29) is 11.9 Å². The van der Waals surface area contributed by atoms with E-state index in [4.69, 9.17) is 4.52 Å². The molecule has 1 aliphatic heterocycles. The van der Waals surface area contributed by atoms with Gasteiger partial charge in [-0.3, -0.25) is 4.79 Å². The van der Waals surface area contributed by atoms with Crippen molar-refractivity contribution in [2.45, 2.75) is 19.9 Å². The second-order valence-corrected chi connectivity index (χ2v) is 6.48. The minimum Gasteiger partial charge on any atom is -0.351 e. The Bertz CT molecular complexity index is 636. The molecule has 0 bridgehead atoms. The van der Waals surface area contributed by atoms with Gasteiger partial charge in [0.05, 0.1) is 11.7 Å². The first-order chi connectivity index (χ1) is 10.1. The van der Waals surface area contributed by atoms with Crippen molar-refractivity contribution in [3.8, 4) is 0 Å². The van der Waals surface area contributed by atoms with Gasteiger partial charge < -0.3 is 9.42 Å². The fourth-order valence-electron chi connectivity index (χ4n) is 2.52. The van der Waals surface area contributed by atoms with E-state index >= 15 is 0 Å². The maximum absolute atomic E-state index is 12.6. The molecule has 1 unspecified atom stereocenters. The van der Waals surface area contributed by atoms with Gasteiger partial charge in [0.2, 0.25) is 5.76 Å². The van der Waals surface area contributed by atoms with Crippen LogP contribution in [0.15, 0.2) is 34.9 Å². The zero-order valence-corrected chi connectivity index (χ0v) is 13.0. The van der Waals surface area contributed by atoms with Crippen LogP contribution < -0.4 is 0 Å². The summed E-state index contributed by atoms with van der Waals surface area (Å²) in [7, 11) is 0. The predicted molar refractivity (Wildman–Crippen MR) is 83.5 cm³/mol. The molecular weight excluding hydrogens is 284 g/mol. The maximum Gasteiger partial charge on any atom is 0.293 e. The molecule has 1 amide bonds. The zero-order chi connectivity index (χ0) is 14.8. The van der Waals surface area contributed by atoms with Gasteiger partial charge in [-0.1, -0.05) is 35.0 Å². The Balaban J connectivity index is 1.87. The second-order valence-electron chi connectivity index (χ2n) is 5.33. The van der Waals surface area contributed by atoms with E-state index < -0.39 is 0 Å². The minimum absolute atomic E-state index is 0.0681. The number of hydrogen-bond donors (Lipinski definition) is 0. The molecule has 0 saturated carbocycles. The van der Waals surface area contributed by atoms with E-state index in [1.165, 1.54) is 11.1 Å². The Kier molecular flexibility index (Phi) is 4.01. The standard InChI is InChI=1S/C16H18N2O2S/c1-11-3-5-13(6-4-11)14-10-21-8-7-18(14)16(19)15-9-12(2)17-20-15/h3-6,9,14H,7-8,10H2,1-2H3. The van der Waals surface area contributed by atoms with Crippen molar-refractivity contribution in [3.63, 3.8) is 0 Å². The van der Waals surface area contributed by atoms with Crippen LogP contribution >= 0.6 is 11.8 Å². The van der Waals surface area contributed by atoms with E-state index in [0.717, 1.165) is 23.7 Å². The quantitative estimate of drug-likeness (QED) is 0.854. The second kappa shape index (κ2) is 5.93. The molecule has 0 radical (unpaired) electrons. The summed E-state index contributed by atoms with van der Waals surface area (Å²) in [6, 6.07) is 10.2. The number of thioether (sulfide) groups is 1. The number of amides is 1. The number of aromatic nitrogens is 1. The van der Waals surface area contributed by atoms with Crippen molar-refractivity contribution in [1.82, 2.24) is 10.1 Å². The van der Waals surface area contributed by atoms with Gasteiger partial charge in [0.1, 0.15) is 0 Å². The number of benzene rings is 1. The first kappa shape index (κ1) is 14.2. The molecule has 1 fully saturated rings.